The summed E-state index contributed by atoms with van der Waals surface area (Å²) in [5, 5.41) is 0.785. The van der Waals surface area contributed by atoms with Crippen LogP contribution < -0.4 is 10.6 Å². The molecule has 0 atom stereocenters. The maximum Gasteiger partial charge on any atom is 0.147 e. The molecule has 0 fully saturated rings. The van der Waals surface area contributed by atoms with Gasteiger partial charge in [0.25, 0.3) is 0 Å². The lowest BCUT2D eigenvalue weighted by Crippen LogP contribution is -2.23. The number of anilines is 2. The number of benzene rings is 1. The molecular weight excluding hydrogens is 312 g/mol. The van der Waals surface area contributed by atoms with E-state index < -0.39 is 5.82 Å². The van der Waals surface area contributed by atoms with Gasteiger partial charge in [0.15, 0.2) is 0 Å². The van der Waals surface area contributed by atoms with Gasteiger partial charge in [-0.15, -0.1) is 0 Å². The van der Waals surface area contributed by atoms with Crippen LogP contribution >= 0.6 is 23.2 Å². The number of hydrogen-bond donors (Lipinski definition) is 1. The van der Waals surface area contributed by atoms with Crippen molar-refractivity contribution in [1.29, 1.82) is 0 Å². The Morgan fingerprint density at radius 1 is 1.29 bits per heavy atom. The number of hydrogen-bond acceptors (Lipinski definition) is 3. The molecule has 0 saturated heterocycles. The van der Waals surface area contributed by atoms with Gasteiger partial charge in [-0.2, -0.15) is 0 Å². The third kappa shape index (κ3) is 2.57. The Kier molecular flexibility index (Phi) is 3.51. The molecule has 21 heavy (non-hydrogen) atoms. The van der Waals surface area contributed by atoms with Gasteiger partial charge in [0.05, 0.1) is 10.7 Å². The number of nitrogens with two attached hydrogens (primary N) is 1. The normalized spacial score (nSPS) is 13.9. The average Bonchev–Trinajstić information content (AvgIpc) is 2.43. The molecule has 2 N–H and O–H groups in total. The van der Waals surface area contributed by atoms with Crippen molar-refractivity contribution in [2.45, 2.75) is 0 Å². The highest BCUT2D eigenvalue weighted by Gasteiger charge is 2.19. The largest absolute Gasteiger partial charge is 0.396 e. The summed E-state index contributed by atoms with van der Waals surface area (Å²) >= 11 is 12.1. The van der Waals surface area contributed by atoms with Gasteiger partial charge in [-0.25, -0.2) is 9.37 Å². The van der Waals surface area contributed by atoms with Gasteiger partial charge in [0.2, 0.25) is 0 Å². The summed E-state index contributed by atoms with van der Waals surface area (Å²) in [4.78, 5) is 6.12. The molecule has 0 saturated carbocycles. The van der Waals surface area contributed by atoms with Crippen LogP contribution in [-0.2, 0) is 0 Å². The van der Waals surface area contributed by atoms with Crippen LogP contribution in [-0.4, -0.2) is 18.6 Å². The highest BCUT2D eigenvalue weighted by molar-refractivity contribution is 6.33. The third-order valence-electron chi connectivity index (χ3n) is 3.46. The number of nitrogen functional groups attached to an aromatic ring is 1. The lowest BCUT2D eigenvalue weighted by Gasteiger charge is -2.28. The maximum absolute atomic E-state index is 13.4. The van der Waals surface area contributed by atoms with Crippen LogP contribution in [0.15, 0.2) is 24.4 Å². The summed E-state index contributed by atoms with van der Waals surface area (Å²) < 4.78 is 13.4. The monoisotopic (exact) mass is 323 g/mol. The standard InChI is InChI=1S/C15H12Cl2FN3/c1-21-7-9(2-8-6-20-15(17)5-14(8)21)10-3-13(19)12(18)4-11(10)16/h2-6H,7,19H2,1H3. The van der Waals surface area contributed by atoms with Crippen LogP contribution in [0.2, 0.25) is 10.2 Å². The van der Waals surface area contributed by atoms with Crippen LogP contribution in [0, 0.1) is 5.82 Å². The first-order chi connectivity index (χ1) is 9.95. The Morgan fingerprint density at radius 3 is 2.81 bits per heavy atom. The second-order valence-electron chi connectivity index (χ2n) is 4.95. The Labute approximate surface area is 131 Å². The van der Waals surface area contributed by atoms with Gasteiger partial charge in [-0.05, 0) is 29.8 Å². The van der Waals surface area contributed by atoms with E-state index in [-0.39, 0.29) is 5.69 Å². The minimum Gasteiger partial charge on any atom is -0.396 e. The Balaban J connectivity index is 2.13. The molecule has 0 radical (unpaired) electrons. The molecule has 3 rings (SSSR count). The van der Waals surface area contributed by atoms with Crippen LogP contribution in [0.25, 0.3) is 11.6 Å². The zero-order valence-electron chi connectivity index (χ0n) is 11.2. The molecule has 1 aliphatic heterocycles. The van der Waals surface area contributed by atoms with Crippen LogP contribution in [0.5, 0.6) is 0 Å². The van der Waals surface area contributed by atoms with E-state index >= 15 is 0 Å². The first kappa shape index (κ1) is 14.2. The molecule has 3 nitrogen and oxygen atoms in total. The summed E-state index contributed by atoms with van der Waals surface area (Å²) in [6.45, 7) is 0.623. The second-order valence-corrected chi connectivity index (χ2v) is 5.74. The molecule has 2 aromatic rings. The number of fused-ring (bicyclic) bond motifs is 1. The topological polar surface area (TPSA) is 42.1 Å². The zero-order chi connectivity index (χ0) is 15.1. The van der Waals surface area contributed by atoms with E-state index in [1.165, 1.54) is 6.07 Å². The predicted molar refractivity (Wildman–Crippen MR) is 86.2 cm³/mol. The SMILES string of the molecule is CN1CC(c2cc(N)c(F)cc2Cl)=Cc2cnc(Cl)cc21. The fraction of sp³-hybridized carbons (Fsp3) is 0.133. The summed E-state index contributed by atoms with van der Waals surface area (Å²) in [5.41, 5.74) is 9.32. The Bertz CT molecular complexity index is 759. The lowest BCUT2D eigenvalue weighted by atomic mass is 9.98. The number of nitrogens with zero attached hydrogens (tertiary/aromatic N) is 2. The lowest BCUT2D eigenvalue weighted by molar-refractivity contribution is 0.632. The third-order valence-corrected chi connectivity index (χ3v) is 3.98. The first-order valence-corrected chi connectivity index (χ1v) is 7.03. The van der Waals surface area contributed by atoms with Crippen LogP contribution in [0.3, 0.4) is 0 Å². The Hall–Kier alpha value is -1.78. The number of halogens is 3. The molecule has 108 valence electrons. The number of pyridine rings is 1. The quantitative estimate of drug-likeness (QED) is 0.634. The molecule has 0 bridgehead atoms. The molecule has 1 aliphatic rings. The van der Waals surface area contributed by atoms with E-state index in [0.29, 0.717) is 16.7 Å². The van der Waals surface area contributed by atoms with Gasteiger partial charge < -0.3 is 10.6 Å². The fourth-order valence-electron chi connectivity index (χ4n) is 2.42. The van der Waals surface area contributed by atoms with Crippen molar-refractivity contribution in [3.63, 3.8) is 0 Å². The van der Waals surface area contributed by atoms with Crippen molar-refractivity contribution in [2.24, 2.45) is 0 Å². The summed E-state index contributed by atoms with van der Waals surface area (Å²) in [6, 6.07) is 4.61. The number of aromatic nitrogens is 1. The highest BCUT2D eigenvalue weighted by Crippen LogP contribution is 2.36. The van der Waals surface area contributed by atoms with Gasteiger partial charge in [-0.1, -0.05) is 23.2 Å². The summed E-state index contributed by atoms with van der Waals surface area (Å²) in [6.07, 6.45) is 3.67. The highest BCUT2D eigenvalue weighted by atomic mass is 35.5. The smallest absolute Gasteiger partial charge is 0.147 e. The summed E-state index contributed by atoms with van der Waals surface area (Å²) in [5.74, 6) is -0.512. The van der Waals surface area contributed by atoms with E-state index in [1.807, 2.05) is 24.1 Å². The van der Waals surface area contributed by atoms with Crippen molar-refractivity contribution in [1.82, 2.24) is 4.98 Å². The van der Waals surface area contributed by atoms with Crippen molar-refractivity contribution < 1.29 is 4.39 Å². The van der Waals surface area contributed by atoms with E-state index in [4.69, 9.17) is 28.9 Å². The average molecular weight is 324 g/mol. The molecular formula is C15H12Cl2FN3. The van der Waals surface area contributed by atoms with Crippen molar-refractivity contribution >= 4 is 46.2 Å². The predicted octanol–water partition coefficient (Wildman–Crippen LogP) is 4.10. The maximum atomic E-state index is 13.4. The molecule has 1 aromatic heterocycles. The molecule has 6 heteroatoms. The van der Waals surface area contributed by atoms with E-state index in [9.17, 15) is 4.39 Å². The second kappa shape index (κ2) is 5.20. The van der Waals surface area contributed by atoms with E-state index in [1.54, 1.807) is 12.3 Å². The van der Waals surface area contributed by atoms with Gasteiger partial charge >= 0.3 is 0 Å². The van der Waals surface area contributed by atoms with E-state index in [2.05, 4.69) is 4.98 Å². The van der Waals surface area contributed by atoms with Gasteiger partial charge in [-0.3, -0.25) is 0 Å². The van der Waals surface area contributed by atoms with E-state index in [0.717, 1.165) is 22.4 Å². The van der Waals surface area contributed by atoms with Gasteiger partial charge in [0, 0.05) is 36.6 Å². The minimum absolute atomic E-state index is 0.0815. The van der Waals surface area contributed by atoms with Crippen molar-refractivity contribution in [3.8, 4) is 0 Å². The van der Waals surface area contributed by atoms with Crippen molar-refractivity contribution in [2.75, 3.05) is 24.2 Å². The van der Waals surface area contributed by atoms with Crippen LogP contribution in [0.1, 0.15) is 11.1 Å². The molecule has 0 spiro atoms. The number of likely N-dealkylation sites (N-methyl/N-ethyl adjacent to an activating group) is 1. The van der Waals surface area contributed by atoms with Crippen molar-refractivity contribution in [3.05, 3.63) is 51.5 Å². The molecule has 0 amide bonds. The first-order valence-electron chi connectivity index (χ1n) is 6.28. The zero-order valence-corrected chi connectivity index (χ0v) is 12.7. The molecule has 0 aliphatic carbocycles. The molecule has 2 heterocycles. The Morgan fingerprint density at radius 2 is 2.05 bits per heavy atom. The number of rotatable bonds is 1. The fourth-order valence-corrected chi connectivity index (χ4v) is 2.85. The van der Waals surface area contributed by atoms with Crippen LogP contribution in [0.4, 0.5) is 15.8 Å². The summed E-state index contributed by atoms with van der Waals surface area (Å²) in [7, 11) is 1.95. The minimum atomic E-state index is -0.512. The molecule has 1 aromatic carbocycles. The van der Waals surface area contributed by atoms with Gasteiger partial charge in [0.1, 0.15) is 11.0 Å². The molecule has 0 unspecified atom stereocenters.